The van der Waals surface area contributed by atoms with Crippen molar-refractivity contribution in [1.82, 2.24) is 0 Å². The molecule has 5 nitrogen and oxygen atoms in total. The van der Waals surface area contributed by atoms with Crippen molar-refractivity contribution in [3.63, 3.8) is 0 Å². The molecule has 0 fully saturated rings. The first-order valence-electron chi connectivity index (χ1n) is 4.08. The molecule has 0 aromatic heterocycles. The minimum Gasteiger partial charge on any atom is -0.480 e. The number of rotatable bonds is 5. The van der Waals surface area contributed by atoms with Gasteiger partial charge in [0.25, 0.3) is 0 Å². The first-order valence-corrected chi connectivity index (χ1v) is 4.08. The van der Waals surface area contributed by atoms with E-state index in [1.807, 2.05) is 0 Å². The molecular weight excluding hydrogens is 174 g/mol. The van der Waals surface area contributed by atoms with E-state index in [4.69, 9.17) is 10.8 Å². The maximum absolute atomic E-state index is 11.2. The third-order valence-corrected chi connectivity index (χ3v) is 1.91. The number of carbonyl (C=O) groups is 2. The van der Waals surface area contributed by atoms with Gasteiger partial charge in [-0.3, -0.25) is 9.59 Å². The van der Waals surface area contributed by atoms with Gasteiger partial charge in [-0.15, -0.1) is 0 Å². The fourth-order valence-corrected chi connectivity index (χ4v) is 0.894. The molecule has 4 N–H and O–H groups in total. The van der Waals surface area contributed by atoms with E-state index in [2.05, 4.69) is 0 Å². The molecule has 0 unspecified atom stereocenters. The van der Waals surface area contributed by atoms with Crippen molar-refractivity contribution in [1.29, 1.82) is 0 Å². The number of Topliss-reactive ketones (excluding diaryl/α,β-unsaturated/α-hetero) is 1. The standard InChI is InChI=1S/C8H15NO4/c1-3-4-5(10)8(2,13)6(9)7(11)12/h6,13H,3-4,9H2,1-2H3,(H,11,12)/t6-,8+/m1/s1. The van der Waals surface area contributed by atoms with Crippen LogP contribution in [0.2, 0.25) is 0 Å². The summed E-state index contributed by atoms with van der Waals surface area (Å²) in [6.07, 6.45) is 0.690. The molecule has 0 bridgehead atoms. The second-order valence-corrected chi connectivity index (χ2v) is 3.14. The smallest absolute Gasteiger partial charge is 0.323 e. The van der Waals surface area contributed by atoms with Crippen LogP contribution >= 0.6 is 0 Å². The van der Waals surface area contributed by atoms with E-state index < -0.39 is 23.4 Å². The molecule has 0 aliphatic heterocycles. The van der Waals surface area contributed by atoms with Gasteiger partial charge < -0.3 is 15.9 Å². The number of hydrogen-bond acceptors (Lipinski definition) is 4. The molecule has 2 atom stereocenters. The largest absolute Gasteiger partial charge is 0.480 e. The van der Waals surface area contributed by atoms with Crippen molar-refractivity contribution in [3.8, 4) is 0 Å². The van der Waals surface area contributed by atoms with Gasteiger partial charge in [0.15, 0.2) is 5.78 Å². The molecular formula is C8H15NO4. The highest BCUT2D eigenvalue weighted by atomic mass is 16.4. The van der Waals surface area contributed by atoms with Crippen LogP contribution in [0.3, 0.4) is 0 Å². The molecule has 0 saturated carbocycles. The lowest BCUT2D eigenvalue weighted by atomic mass is 9.90. The zero-order chi connectivity index (χ0) is 10.6. The van der Waals surface area contributed by atoms with Crippen LogP contribution in [0.15, 0.2) is 0 Å². The maximum atomic E-state index is 11.2. The van der Waals surface area contributed by atoms with Gasteiger partial charge in [0.1, 0.15) is 11.6 Å². The van der Waals surface area contributed by atoms with Gasteiger partial charge in [0.2, 0.25) is 0 Å². The third-order valence-electron chi connectivity index (χ3n) is 1.91. The highest BCUT2D eigenvalue weighted by Crippen LogP contribution is 2.13. The van der Waals surface area contributed by atoms with Gasteiger partial charge in [-0.05, 0) is 13.3 Å². The summed E-state index contributed by atoms with van der Waals surface area (Å²) in [6.45, 7) is 2.89. The van der Waals surface area contributed by atoms with E-state index >= 15 is 0 Å². The summed E-state index contributed by atoms with van der Waals surface area (Å²) in [5.74, 6) is -1.92. The van der Waals surface area contributed by atoms with Crippen molar-refractivity contribution in [2.45, 2.75) is 38.3 Å². The Morgan fingerprint density at radius 3 is 2.31 bits per heavy atom. The quantitative estimate of drug-likeness (QED) is 0.542. The Labute approximate surface area is 76.5 Å². The normalized spacial score (nSPS) is 17.5. The van der Waals surface area contributed by atoms with E-state index in [0.29, 0.717) is 6.42 Å². The summed E-state index contributed by atoms with van der Waals surface area (Å²) in [5, 5.41) is 18.0. The van der Waals surface area contributed by atoms with E-state index in [1.54, 1.807) is 6.92 Å². The molecule has 0 aliphatic carbocycles. The van der Waals surface area contributed by atoms with Crippen molar-refractivity contribution in [2.24, 2.45) is 5.73 Å². The van der Waals surface area contributed by atoms with E-state index in [9.17, 15) is 14.7 Å². The monoisotopic (exact) mass is 189 g/mol. The first-order chi connectivity index (χ1) is 5.84. The summed E-state index contributed by atoms with van der Waals surface area (Å²) in [7, 11) is 0. The Morgan fingerprint density at radius 1 is 1.54 bits per heavy atom. The number of hydrogen-bond donors (Lipinski definition) is 3. The topological polar surface area (TPSA) is 101 Å². The van der Waals surface area contributed by atoms with E-state index in [0.717, 1.165) is 6.92 Å². The highest BCUT2D eigenvalue weighted by Gasteiger charge is 2.40. The number of carboxylic acid groups (broad SMARTS) is 1. The molecule has 0 aromatic rings. The molecule has 0 aromatic carbocycles. The average molecular weight is 189 g/mol. The Hall–Kier alpha value is -0.940. The molecule has 0 aliphatic rings. The summed E-state index contributed by atoms with van der Waals surface area (Å²) in [4.78, 5) is 21.6. The van der Waals surface area contributed by atoms with E-state index in [1.165, 1.54) is 0 Å². The SMILES string of the molecule is CCCC(=O)[C@](C)(O)[C@H](N)C(=O)O. The predicted molar refractivity (Wildman–Crippen MR) is 46.2 cm³/mol. The summed E-state index contributed by atoms with van der Waals surface area (Å²) in [5.41, 5.74) is 3.18. The van der Waals surface area contributed by atoms with Crippen molar-refractivity contribution >= 4 is 11.8 Å². The number of nitrogens with two attached hydrogens (primary N) is 1. The first kappa shape index (κ1) is 12.1. The van der Waals surface area contributed by atoms with Gasteiger partial charge in [0, 0.05) is 6.42 Å². The lowest BCUT2D eigenvalue weighted by molar-refractivity contribution is -0.152. The number of carbonyl (C=O) groups excluding carboxylic acids is 1. The van der Waals surface area contributed by atoms with E-state index in [-0.39, 0.29) is 6.42 Å². The molecule has 0 radical (unpaired) electrons. The molecule has 0 amide bonds. The van der Waals surface area contributed by atoms with Gasteiger partial charge in [-0.2, -0.15) is 0 Å². The predicted octanol–water partition coefficient (Wildman–Crippen LogP) is -0.481. The minimum atomic E-state index is -1.97. The summed E-state index contributed by atoms with van der Waals surface area (Å²) < 4.78 is 0. The number of aliphatic hydroxyl groups is 1. The molecule has 5 heteroatoms. The maximum Gasteiger partial charge on any atom is 0.323 e. The summed E-state index contributed by atoms with van der Waals surface area (Å²) in [6, 6.07) is -1.56. The van der Waals surface area contributed by atoms with Crippen LogP contribution in [0.25, 0.3) is 0 Å². The molecule has 0 spiro atoms. The Bertz CT molecular complexity index is 212. The lowest BCUT2D eigenvalue weighted by Crippen LogP contribution is -2.55. The molecule has 13 heavy (non-hydrogen) atoms. The Kier molecular flexibility index (Phi) is 4.03. The number of ketones is 1. The van der Waals surface area contributed by atoms with Crippen molar-refractivity contribution in [2.75, 3.05) is 0 Å². The fourth-order valence-electron chi connectivity index (χ4n) is 0.894. The van der Waals surface area contributed by atoms with Crippen LogP contribution in [-0.4, -0.2) is 33.6 Å². The molecule has 0 rings (SSSR count). The highest BCUT2D eigenvalue weighted by molar-refractivity contribution is 5.93. The second-order valence-electron chi connectivity index (χ2n) is 3.14. The van der Waals surface area contributed by atoms with Crippen molar-refractivity contribution in [3.05, 3.63) is 0 Å². The fraction of sp³-hybridized carbons (Fsp3) is 0.750. The Balaban J connectivity index is 4.54. The average Bonchev–Trinajstić information content (AvgIpc) is 2.03. The zero-order valence-electron chi connectivity index (χ0n) is 7.78. The third kappa shape index (κ3) is 2.78. The van der Waals surface area contributed by atoms with Crippen LogP contribution in [0.5, 0.6) is 0 Å². The number of carboxylic acids is 1. The minimum absolute atomic E-state index is 0.133. The van der Waals surface area contributed by atoms with Crippen LogP contribution in [0, 0.1) is 0 Å². The molecule has 76 valence electrons. The summed E-state index contributed by atoms with van der Waals surface area (Å²) >= 11 is 0. The zero-order valence-corrected chi connectivity index (χ0v) is 7.78. The van der Waals surface area contributed by atoms with Gasteiger partial charge in [0.05, 0.1) is 0 Å². The van der Waals surface area contributed by atoms with Crippen LogP contribution in [0.4, 0.5) is 0 Å². The number of aliphatic carboxylic acids is 1. The van der Waals surface area contributed by atoms with Crippen molar-refractivity contribution < 1.29 is 19.8 Å². The molecule has 0 saturated heterocycles. The van der Waals surface area contributed by atoms with Gasteiger partial charge in [-0.25, -0.2) is 0 Å². The lowest BCUT2D eigenvalue weighted by Gasteiger charge is -2.25. The van der Waals surface area contributed by atoms with Crippen LogP contribution < -0.4 is 5.73 Å². The van der Waals surface area contributed by atoms with Gasteiger partial charge >= 0.3 is 5.97 Å². The van der Waals surface area contributed by atoms with Gasteiger partial charge in [-0.1, -0.05) is 6.92 Å². The van der Waals surface area contributed by atoms with Crippen LogP contribution in [0.1, 0.15) is 26.7 Å². The second kappa shape index (κ2) is 4.34. The Morgan fingerprint density at radius 2 is 2.00 bits per heavy atom. The molecule has 0 heterocycles. The van der Waals surface area contributed by atoms with Crippen LogP contribution in [-0.2, 0) is 9.59 Å².